The Balaban J connectivity index is 1.11. The number of fused-ring (bicyclic) bond motifs is 5. The van der Waals surface area contributed by atoms with Gasteiger partial charge in [0.25, 0.3) is 0 Å². The standard InChI is InChI=1S/C94H135N21O21/c1-9-11-23-72-87(129)104-64(36-52(3)4)85(127)109-70(83(125)101-47-79(98)120)46-99-48-80(121)102-66(38-54-28-30-58(116)31-29-54)91(133)113-34-18-17-26-73(113)88(130)107-68(43-78(97)119)92(134)114-35-19-27-74(114)89(131)108-69(44-96)86(128)105-65(37-53(5)6)93(135)115-50-59(117)42-76(115)77(118)41-55(39-56-45-100-62-22-15-13-20-60(56)62)82(124)103-63(32-33-95)84(126)106-67(90(132)111(8)75(24-12-10-2)94(136)110(72)7)40-57-49-112(51-81(122)123)71-25-16-14-21-61(57)71/h13-16,20-22,25,28-31,45,49,52-53,55,59,63-70,72-76,99-100,116-117H,9-12,17-19,23-24,26-27,32-44,46-48,50-51,95-96H2,1-8H3,(H2,97,119)(H2,98,120)(H,101,125)(H,102,121)(H,103,124)(H,104,129)(H,105,128)(H,106,126)(H,107,130)(H,108,131)(H,109,127)(H,122,123)/t55-,59-,63+,64+,65+,66+,67+,68+,69+,70+,72+,73+,74+,75+,76+/m1/s1. The number of ketones is 1. The van der Waals surface area contributed by atoms with Crippen LogP contribution in [-0.2, 0) is 112 Å². The van der Waals surface area contributed by atoms with Gasteiger partial charge in [0.15, 0.2) is 5.78 Å². The zero-order valence-electron chi connectivity index (χ0n) is 78.6. The lowest BCUT2D eigenvalue weighted by molar-refractivity contribution is -0.149. The van der Waals surface area contributed by atoms with E-state index in [0.29, 0.717) is 77.0 Å². The first-order chi connectivity index (χ1) is 64.7. The number of unbranched alkanes of at least 4 members (excludes halogenated alkanes) is 2. The van der Waals surface area contributed by atoms with Gasteiger partial charge in [-0.1, -0.05) is 116 Å². The Morgan fingerprint density at radius 1 is 0.537 bits per heavy atom. The first-order valence-corrected chi connectivity index (χ1v) is 46.9. The van der Waals surface area contributed by atoms with E-state index in [9.17, 15) is 63.3 Å². The molecule has 2 aromatic heterocycles. The molecule has 16 amide bonds. The van der Waals surface area contributed by atoms with E-state index >= 15 is 38.4 Å². The lowest BCUT2D eigenvalue weighted by Gasteiger charge is -2.38. The van der Waals surface area contributed by atoms with Crippen molar-refractivity contribution in [3.05, 3.63) is 102 Å². The molecule has 0 aliphatic carbocycles. The number of phenolic OH excluding ortho intramolecular Hbond substituents is 1. The number of aromatic hydroxyl groups is 1. The van der Waals surface area contributed by atoms with Crippen molar-refractivity contribution in [2.45, 2.75) is 261 Å². The minimum Gasteiger partial charge on any atom is -0.508 e. The zero-order chi connectivity index (χ0) is 99.5. The van der Waals surface area contributed by atoms with Gasteiger partial charge in [-0.2, -0.15) is 0 Å². The number of phenols is 1. The highest BCUT2D eigenvalue weighted by atomic mass is 16.4. The lowest BCUT2D eigenvalue weighted by Crippen LogP contribution is -2.62. The number of hydrogen-bond donors (Lipinski definition) is 18. The number of hydrogen-bond acceptors (Lipinski definition) is 23. The first-order valence-electron chi connectivity index (χ1n) is 46.9. The monoisotopic (exact) mass is 1890 g/mol. The second-order valence-corrected chi connectivity index (χ2v) is 36.6. The summed E-state index contributed by atoms with van der Waals surface area (Å²) < 4.78 is 1.45. The van der Waals surface area contributed by atoms with Crippen LogP contribution in [0.25, 0.3) is 21.8 Å². The van der Waals surface area contributed by atoms with E-state index in [4.69, 9.17) is 22.9 Å². The van der Waals surface area contributed by atoms with Crippen molar-refractivity contribution in [2.24, 2.45) is 40.7 Å². The highest BCUT2D eigenvalue weighted by Crippen LogP contribution is 2.31. The van der Waals surface area contributed by atoms with Crippen LogP contribution >= 0.6 is 0 Å². The maximum atomic E-state index is 16.0. The van der Waals surface area contributed by atoms with Gasteiger partial charge in [-0.15, -0.1) is 0 Å². The molecule has 9 rings (SSSR count). The number of para-hydroxylation sites is 2. The number of Topliss-reactive ketones (excluding diaryl/α,β-unsaturated/α-hetero) is 1. The van der Waals surface area contributed by atoms with Gasteiger partial charge in [0, 0.05) is 113 Å². The quantitative estimate of drug-likeness (QED) is 0.0292. The third kappa shape index (κ3) is 29.0. The van der Waals surface area contributed by atoms with Crippen molar-refractivity contribution in [3.63, 3.8) is 0 Å². The minimum absolute atomic E-state index is 0.00253. The summed E-state index contributed by atoms with van der Waals surface area (Å²) in [6.45, 7) is 6.81. The number of primary amides is 2. The Bertz CT molecular complexity index is 5120. The van der Waals surface area contributed by atoms with Crippen molar-refractivity contribution in [2.75, 3.05) is 66.5 Å². The molecule has 4 aliphatic rings. The number of aliphatic hydroxyl groups excluding tert-OH is 1. The summed E-state index contributed by atoms with van der Waals surface area (Å²) in [7, 11) is 2.71. The van der Waals surface area contributed by atoms with Crippen molar-refractivity contribution in [1.29, 1.82) is 0 Å². The Morgan fingerprint density at radius 3 is 1.74 bits per heavy atom. The highest BCUT2D eigenvalue weighted by Gasteiger charge is 2.47. The Kier molecular flexibility index (Phi) is 39.7. The maximum Gasteiger partial charge on any atom is 0.323 e. The van der Waals surface area contributed by atoms with Gasteiger partial charge in [-0.3, -0.25) is 86.3 Å². The SMILES string of the molecule is CCCC[C@H]1C(=O)N(C)[C@@H](CCCC)C(=O)N[C@@H](CC(C)C)C(=O)N[C@H](C(=O)NCC(N)=O)CNCC(=O)N[C@@H](Cc2ccc(O)cc2)C(=O)N2CCCC[C@H]2C(=O)N[C@@H](CC(N)=O)C(=O)N2CCC[C@H]2C(=O)N[C@@H](CN)C(=O)N[C@@H](CC(C)C)C(=O)N2C[C@H](O)C[C@H]2C(=O)C[C@@H](Cc2c[nH]c3ccccc23)C(=O)N[C@@H](CCN)C(=O)N[C@@H](Cc2cn(CC(=O)O)c3ccccc23)C(=O)N1C. The number of H-pyrrole nitrogens is 1. The molecule has 0 bridgehead atoms. The fourth-order valence-corrected chi connectivity index (χ4v) is 18.2. The van der Waals surface area contributed by atoms with E-state index in [1.807, 2.05) is 13.8 Å². The number of aromatic amines is 1. The van der Waals surface area contributed by atoms with Gasteiger partial charge in [0.05, 0.1) is 31.7 Å². The molecule has 22 N–H and O–H groups in total. The Hall–Kier alpha value is -13.0. The number of rotatable bonds is 26. The van der Waals surface area contributed by atoms with Crippen LogP contribution in [0, 0.1) is 17.8 Å². The number of aliphatic hydroxyl groups is 1. The number of nitrogens with two attached hydrogens (primary N) is 4. The van der Waals surface area contributed by atoms with E-state index in [1.165, 1.54) is 58.9 Å². The van der Waals surface area contributed by atoms with Crippen LogP contribution in [0.3, 0.4) is 0 Å². The number of nitrogens with zero attached hydrogens (tertiary/aromatic N) is 6. The highest BCUT2D eigenvalue weighted by molar-refractivity contribution is 6.03. The molecule has 0 radical (unpaired) electrons. The summed E-state index contributed by atoms with van der Waals surface area (Å²) in [5, 5.41) is 59.9. The van der Waals surface area contributed by atoms with E-state index in [1.54, 1.807) is 82.4 Å². The van der Waals surface area contributed by atoms with Gasteiger partial charge in [0.2, 0.25) is 94.5 Å². The smallest absolute Gasteiger partial charge is 0.323 e. The number of aromatic nitrogens is 2. The molecule has 15 atom stereocenters. The number of carboxylic acid groups (broad SMARTS) is 1. The second kappa shape index (κ2) is 50.6. The summed E-state index contributed by atoms with van der Waals surface area (Å²) in [4.78, 5) is 273. The van der Waals surface area contributed by atoms with Gasteiger partial charge in [-0.05, 0) is 130 Å². The van der Waals surface area contributed by atoms with Gasteiger partial charge in [-0.25, -0.2) is 0 Å². The molecule has 6 heterocycles. The van der Waals surface area contributed by atoms with Crippen LogP contribution in [0.1, 0.15) is 167 Å². The van der Waals surface area contributed by atoms with Crippen molar-refractivity contribution < 1.29 is 102 Å². The van der Waals surface area contributed by atoms with Gasteiger partial charge < -0.3 is 125 Å². The number of carbonyl (C=O) groups is 18. The summed E-state index contributed by atoms with van der Waals surface area (Å²) in [5.74, 6) is -18.6. The molecule has 4 fully saturated rings. The third-order valence-electron chi connectivity index (χ3n) is 25.3. The van der Waals surface area contributed by atoms with Crippen LogP contribution in [0.15, 0.2) is 85.2 Å². The number of aliphatic carboxylic acids is 1. The Labute approximate surface area is 789 Å². The average molecular weight is 1900 g/mol. The van der Waals surface area contributed by atoms with E-state index < -0.39 is 249 Å². The summed E-state index contributed by atoms with van der Waals surface area (Å²) in [6, 6.07) is 0.0198. The number of nitrogens with one attached hydrogen (secondary N) is 11. The van der Waals surface area contributed by atoms with Crippen LogP contribution in [-0.4, -0.2) is 307 Å². The fraction of sp³-hybridized carbons (Fsp3) is 0.574. The maximum absolute atomic E-state index is 16.0. The molecule has 742 valence electrons. The molecular formula is C94H135N21O21. The zero-order valence-corrected chi connectivity index (χ0v) is 78.6. The summed E-state index contributed by atoms with van der Waals surface area (Å²) in [5.41, 5.74) is 26.2. The second-order valence-electron chi connectivity index (χ2n) is 36.6. The van der Waals surface area contributed by atoms with Crippen LogP contribution < -0.4 is 76.1 Å². The number of likely N-dealkylation sites (N-methyl/N-ethyl adjacent to an activating group) is 2. The average Bonchev–Trinajstić information content (AvgIpc) is 1.58. The largest absolute Gasteiger partial charge is 0.508 e. The molecule has 0 saturated carbocycles. The normalized spacial score (nSPS) is 25.3. The summed E-state index contributed by atoms with van der Waals surface area (Å²) in [6.07, 6.45) is 1.47. The van der Waals surface area contributed by atoms with Crippen molar-refractivity contribution in [1.82, 2.24) is 87.2 Å². The molecular weight excluding hydrogens is 1760 g/mol. The molecule has 0 spiro atoms. The fourth-order valence-electron chi connectivity index (χ4n) is 18.2. The van der Waals surface area contributed by atoms with Gasteiger partial charge >= 0.3 is 5.97 Å². The molecule has 136 heavy (non-hydrogen) atoms. The number of piperidine rings is 1. The van der Waals surface area contributed by atoms with Crippen LogP contribution in [0.4, 0.5) is 0 Å². The molecule has 3 aromatic carbocycles. The predicted molar refractivity (Wildman–Crippen MR) is 499 cm³/mol. The number of carbonyl (C=O) groups excluding carboxylic acids is 17. The summed E-state index contributed by atoms with van der Waals surface area (Å²) >= 11 is 0. The molecule has 5 aromatic rings. The van der Waals surface area contributed by atoms with E-state index in [2.05, 4.69) is 58.2 Å². The molecule has 4 saturated heterocycles. The number of carboxylic acids is 1. The molecule has 42 heteroatoms. The predicted octanol–water partition coefficient (Wildman–Crippen LogP) is -1.76. The van der Waals surface area contributed by atoms with Crippen LogP contribution in [0.2, 0.25) is 0 Å². The van der Waals surface area contributed by atoms with E-state index in [-0.39, 0.29) is 114 Å². The Morgan fingerprint density at radius 2 is 1.10 bits per heavy atom. The van der Waals surface area contributed by atoms with E-state index in [0.717, 1.165) is 14.7 Å². The lowest BCUT2D eigenvalue weighted by atomic mass is 9.90. The van der Waals surface area contributed by atoms with Crippen LogP contribution in [0.5, 0.6) is 5.75 Å². The minimum atomic E-state index is -1.74. The topological polar surface area (TPSA) is 629 Å². The molecule has 42 nitrogen and oxygen atoms in total. The third-order valence-corrected chi connectivity index (χ3v) is 25.3. The van der Waals surface area contributed by atoms with Gasteiger partial charge in [0.1, 0.15) is 84.8 Å². The van der Waals surface area contributed by atoms with Crippen molar-refractivity contribution >= 4 is 128 Å². The molecule has 4 aliphatic heterocycles. The molecule has 0 unspecified atom stereocenters. The number of benzene rings is 3. The number of amides is 16. The van der Waals surface area contributed by atoms with Crippen molar-refractivity contribution in [3.8, 4) is 5.75 Å². The first kappa shape index (κ1) is 107.